The van der Waals surface area contributed by atoms with Gasteiger partial charge in [0.2, 0.25) is 0 Å². The first-order valence-electron chi connectivity index (χ1n) is 6.98. The molecule has 0 saturated carbocycles. The molecule has 2 rings (SSSR count). The Balaban J connectivity index is 1.70. The van der Waals surface area contributed by atoms with Crippen molar-refractivity contribution in [3.63, 3.8) is 0 Å². The summed E-state index contributed by atoms with van der Waals surface area (Å²) in [5.74, 6) is 0.956. The molecule has 1 fully saturated rings. The van der Waals surface area contributed by atoms with Crippen LogP contribution in [0.2, 0.25) is 0 Å². The topological polar surface area (TPSA) is 50.7 Å². The van der Waals surface area contributed by atoms with E-state index in [0.29, 0.717) is 18.4 Å². The summed E-state index contributed by atoms with van der Waals surface area (Å²) in [7, 11) is 1.59. The van der Waals surface area contributed by atoms with Crippen molar-refractivity contribution >= 4 is 0 Å². The molecule has 1 aliphatic rings. The molecule has 2 N–H and O–H groups in total. The summed E-state index contributed by atoms with van der Waals surface area (Å²) in [4.78, 5) is 0. The maximum atomic E-state index is 9.83. The average Bonchev–Trinajstić information content (AvgIpc) is 2.46. The van der Waals surface area contributed by atoms with Crippen LogP contribution in [0.4, 0.5) is 0 Å². The van der Waals surface area contributed by atoms with Crippen LogP contribution in [0.5, 0.6) is 11.5 Å². The number of hydrogen-bond acceptors (Lipinski definition) is 4. The van der Waals surface area contributed by atoms with Crippen LogP contribution >= 0.6 is 0 Å². The standard InChI is InChI=1S/C15H23NO3/c1-18-14-6-5-12(15(17)10-14)11-16-8-7-13-4-2-3-9-19-13/h5-6,10,13,16-17H,2-4,7-9,11H2,1H3. The highest BCUT2D eigenvalue weighted by atomic mass is 16.5. The lowest BCUT2D eigenvalue weighted by atomic mass is 10.1. The fourth-order valence-corrected chi connectivity index (χ4v) is 2.34. The molecule has 0 aliphatic carbocycles. The second kappa shape index (κ2) is 7.36. The molecular weight excluding hydrogens is 242 g/mol. The Bertz CT molecular complexity index is 389. The predicted octanol–water partition coefficient (Wildman–Crippen LogP) is 2.45. The van der Waals surface area contributed by atoms with Crippen molar-refractivity contribution in [2.75, 3.05) is 20.3 Å². The highest BCUT2D eigenvalue weighted by Gasteiger charge is 2.12. The van der Waals surface area contributed by atoms with Crippen LogP contribution in [0.25, 0.3) is 0 Å². The van der Waals surface area contributed by atoms with E-state index in [-0.39, 0.29) is 5.75 Å². The molecule has 4 heteroatoms. The molecule has 1 aromatic rings. The molecule has 1 heterocycles. The first-order valence-corrected chi connectivity index (χ1v) is 6.98. The highest BCUT2D eigenvalue weighted by Crippen LogP contribution is 2.23. The Morgan fingerprint density at radius 3 is 3.00 bits per heavy atom. The Kier molecular flexibility index (Phi) is 5.48. The first kappa shape index (κ1) is 14.2. The molecule has 0 amide bonds. The lowest BCUT2D eigenvalue weighted by molar-refractivity contribution is 0.0115. The number of aromatic hydroxyl groups is 1. The third kappa shape index (κ3) is 4.40. The number of nitrogens with one attached hydrogen (secondary N) is 1. The van der Waals surface area contributed by atoms with Gasteiger partial charge in [-0.2, -0.15) is 0 Å². The summed E-state index contributed by atoms with van der Waals surface area (Å²) in [6.45, 7) is 2.49. The summed E-state index contributed by atoms with van der Waals surface area (Å²) in [5, 5.41) is 13.2. The third-order valence-corrected chi connectivity index (χ3v) is 3.52. The van der Waals surface area contributed by atoms with Crippen LogP contribution in [0.3, 0.4) is 0 Å². The number of methoxy groups -OCH3 is 1. The second-order valence-electron chi connectivity index (χ2n) is 4.95. The SMILES string of the molecule is COc1ccc(CNCCC2CCCCO2)c(O)c1. The van der Waals surface area contributed by atoms with E-state index in [1.807, 2.05) is 12.1 Å². The molecule has 1 unspecified atom stereocenters. The molecule has 4 nitrogen and oxygen atoms in total. The van der Waals surface area contributed by atoms with Gasteiger partial charge in [0.05, 0.1) is 13.2 Å². The minimum absolute atomic E-state index is 0.278. The molecule has 0 bridgehead atoms. The zero-order valence-electron chi connectivity index (χ0n) is 11.5. The molecule has 1 saturated heterocycles. The van der Waals surface area contributed by atoms with Crippen LogP contribution in [0.15, 0.2) is 18.2 Å². The Morgan fingerprint density at radius 2 is 2.32 bits per heavy atom. The van der Waals surface area contributed by atoms with E-state index >= 15 is 0 Å². The summed E-state index contributed by atoms with van der Waals surface area (Å²) in [5.41, 5.74) is 0.894. The summed E-state index contributed by atoms with van der Waals surface area (Å²) in [6, 6.07) is 5.39. The van der Waals surface area contributed by atoms with Crippen LogP contribution in [-0.2, 0) is 11.3 Å². The molecule has 1 aromatic carbocycles. The third-order valence-electron chi connectivity index (χ3n) is 3.52. The number of phenolic OH excluding ortho intramolecular Hbond substituents is 1. The maximum Gasteiger partial charge on any atom is 0.123 e. The van der Waals surface area contributed by atoms with Gasteiger partial charge in [0.25, 0.3) is 0 Å². The van der Waals surface area contributed by atoms with Gasteiger partial charge in [-0.05, 0) is 38.3 Å². The number of hydrogen-bond donors (Lipinski definition) is 2. The summed E-state index contributed by atoms with van der Waals surface area (Å²) < 4.78 is 10.7. The van der Waals surface area contributed by atoms with Gasteiger partial charge in [0.15, 0.2) is 0 Å². The van der Waals surface area contributed by atoms with Gasteiger partial charge >= 0.3 is 0 Å². The minimum Gasteiger partial charge on any atom is -0.507 e. The van der Waals surface area contributed by atoms with Gasteiger partial charge < -0.3 is 19.9 Å². The molecule has 1 aliphatic heterocycles. The van der Waals surface area contributed by atoms with Crippen molar-refractivity contribution in [1.29, 1.82) is 0 Å². The van der Waals surface area contributed by atoms with E-state index < -0.39 is 0 Å². The Hall–Kier alpha value is -1.26. The smallest absolute Gasteiger partial charge is 0.123 e. The molecular formula is C15H23NO3. The van der Waals surface area contributed by atoms with Gasteiger partial charge in [-0.25, -0.2) is 0 Å². The van der Waals surface area contributed by atoms with Crippen LogP contribution < -0.4 is 10.1 Å². The van der Waals surface area contributed by atoms with Crippen molar-refractivity contribution in [2.45, 2.75) is 38.3 Å². The molecule has 0 radical (unpaired) electrons. The lowest BCUT2D eigenvalue weighted by Gasteiger charge is -2.22. The normalized spacial score (nSPS) is 19.3. The predicted molar refractivity (Wildman–Crippen MR) is 74.6 cm³/mol. The van der Waals surface area contributed by atoms with Crippen LogP contribution in [0.1, 0.15) is 31.2 Å². The van der Waals surface area contributed by atoms with E-state index in [9.17, 15) is 5.11 Å². The lowest BCUT2D eigenvalue weighted by Crippen LogP contribution is -2.25. The summed E-state index contributed by atoms with van der Waals surface area (Å²) in [6.07, 6.45) is 5.10. The quantitative estimate of drug-likeness (QED) is 0.776. The Morgan fingerprint density at radius 1 is 1.42 bits per heavy atom. The molecule has 19 heavy (non-hydrogen) atoms. The van der Waals surface area contributed by atoms with E-state index in [4.69, 9.17) is 9.47 Å². The van der Waals surface area contributed by atoms with E-state index in [1.54, 1.807) is 13.2 Å². The van der Waals surface area contributed by atoms with Crippen molar-refractivity contribution in [1.82, 2.24) is 5.32 Å². The van der Waals surface area contributed by atoms with Crippen LogP contribution in [-0.4, -0.2) is 31.5 Å². The fourth-order valence-electron chi connectivity index (χ4n) is 2.34. The highest BCUT2D eigenvalue weighted by molar-refractivity contribution is 5.39. The van der Waals surface area contributed by atoms with Crippen molar-refractivity contribution < 1.29 is 14.6 Å². The van der Waals surface area contributed by atoms with Gasteiger partial charge in [0, 0.05) is 24.8 Å². The number of phenols is 1. The minimum atomic E-state index is 0.278. The van der Waals surface area contributed by atoms with E-state index in [0.717, 1.165) is 25.1 Å². The van der Waals surface area contributed by atoms with Crippen molar-refractivity contribution in [3.05, 3.63) is 23.8 Å². The second-order valence-corrected chi connectivity index (χ2v) is 4.95. The van der Waals surface area contributed by atoms with E-state index in [2.05, 4.69) is 5.32 Å². The zero-order chi connectivity index (χ0) is 13.5. The van der Waals surface area contributed by atoms with Gasteiger partial charge in [-0.3, -0.25) is 0 Å². The molecule has 0 aromatic heterocycles. The maximum absolute atomic E-state index is 9.83. The summed E-state index contributed by atoms with van der Waals surface area (Å²) >= 11 is 0. The van der Waals surface area contributed by atoms with E-state index in [1.165, 1.54) is 19.3 Å². The van der Waals surface area contributed by atoms with Crippen molar-refractivity contribution in [3.8, 4) is 11.5 Å². The average molecular weight is 265 g/mol. The fraction of sp³-hybridized carbons (Fsp3) is 0.600. The first-order chi connectivity index (χ1) is 9.29. The molecule has 0 spiro atoms. The van der Waals surface area contributed by atoms with Gasteiger partial charge in [-0.1, -0.05) is 6.07 Å². The van der Waals surface area contributed by atoms with Gasteiger partial charge in [0.1, 0.15) is 11.5 Å². The monoisotopic (exact) mass is 265 g/mol. The number of rotatable bonds is 6. The molecule has 106 valence electrons. The number of benzene rings is 1. The van der Waals surface area contributed by atoms with Gasteiger partial charge in [-0.15, -0.1) is 0 Å². The largest absolute Gasteiger partial charge is 0.507 e. The van der Waals surface area contributed by atoms with Crippen LogP contribution in [0, 0.1) is 0 Å². The number of ether oxygens (including phenoxy) is 2. The Labute approximate surface area is 114 Å². The van der Waals surface area contributed by atoms with Crippen molar-refractivity contribution in [2.24, 2.45) is 0 Å². The molecule has 1 atom stereocenters. The zero-order valence-corrected chi connectivity index (χ0v) is 11.5.